The molecule has 0 atom stereocenters. The standard InChI is InChI=1S/C12H13N3OS/c1-7-8(2)16-12(15-7)17-10-6-4-3-5-9(10)11(13)14/h3-6H,1-2H3,(H3,13,14). The topological polar surface area (TPSA) is 75.9 Å². The molecule has 0 spiro atoms. The molecule has 0 radical (unpaired) electrons. The zero-order valence-corrected chi connectivity index (χ0v) is 10.5. The first-order chi connectivity index (χ1) is 8.08. The van der Waals surface area contributed by atoms with Gasteiger partial charge in [-0.15, -0.1) is 0 Å². The minimum absolute atomic E-state index is 0.0492. The summed E-state index contributed by atoms with van der Waals surface area (Å²) in [4.78, 5) is 5.17. The third-order valence-corrected chi connectivity index (χ3v) is 3.31. The van der Waals surface area contributed by atoms with Gasteiger partial charge < -0.3 is 10.2 Å². The van der Waals surface area contributed by atoms with E-state index in [9.17, 15) is 0 Å². The number of amidine groups is 1. The molecular weight excluding hydrogens is 234 g/mol. The minimum atomic E-state index is 0.0492. The highest BCUT2D eigenvalue weighted by atomic mass is 32.2. The number of rotatable bonds is 3. The molecule has 2 aromatic rings. The molecule has 3 N–H and O–H groups in total. The predicted molar refractivity (Wildman–Crippen MR) is 67.6 cm³/mol. The van der Waals surface area contributed by atoms with Gasteiger partial charge in [-0.3, -0.25) is 5.41 Å². The Morgan fingerprint density at radius 2 is 2.06 bits per heavy atom. The van der Waals surface area contributed by atoms with E-state index >= 15 is 0 Å². The molecule has 88 valence electrons. The van der Waals surface area contributed by atoms with Crippen molar-refractivity contribution in [2.75, 3.05) is 0 Å². The summed E-state index contributed by atoms with van der Waals surface area (Å²) < 4.78 is 5.49. The van der Waals surface area contributed by atoms with Crippen molar-refractivity contribution in [1.82, 2.24) is 4.98 Å². The van der Waals surface area contributed by atoms with Gasteiger partial charge in [0.2, 0.25) is 0 Å². The van der Waals surface area contributed by atoms with Crippen molar-refractivity contribution >= 4 is 17.6 Å². The summed E-state index contributed by atoms with van der Waals surface area (Å²) in [5, 5.41) is 8.08. The summed E-state index contributed by atoms with van der Waals surface area (Å²) in [6, 6.07) is 7.47. The smallest absolute Gasteiger partial charge is 0.261 e. The van der Waals surface area contributed by atoms with Crippen LogP contribution in [0.2, 0.25) is 0 Å². The molecule has 0 amide bonds. The Hall–Kier alpha value is -1.75. The van der Waals surface area contributed by atoms with Crippen LogP contribution in [-0.2, 0) is 0 Å². The second-order valence-electron chi connectivity index (χ2n) is 3.63. The molecule has 0 unspecified atom stereocenters. The van der Waals surface area contributed by atoms with Crippen LogP contribution in [0.1, 0.15) is 17.0 Å². The molecule has 2 rings (SSSR count). The highest BCUT2D eigenvalue weighted by molar-refractivity contribution is 7.99. The number of nitrogens with two attached hydrogens (primary N) is 1. The van der Waals surface area contributed by atoms with E-state index in [1.165, 1.54) is 11.8 Å². The van der Waals surface area contributed by atoms with Crippen LogP contribution in [0, 0.1) is 19.3 Å². The van der Waals surface area contributed by atoms with Crippen molar-refractivity contribution in [3.05, 3.63) is 41.3 Å². The lowest BCUT2D eigenvalue weighted by Crippen LogP contribution is -2.11. The lowest BCUT2D eigenvalue weighted by Gasteiger charge is -2.04. The van der Waals surface area contributed by atoms with Crippen molar-refractivity contribution < 1.29 is 4.42 Å². The molecule has 1 heterocycles. The molecule has 1 aromatic heterocycles. The van der Waals surface area contributed by atoms with Gasteiger partial charge in [-0.2, -0.15) is 0 Å². The third-order valence-electron chi connectivity index (χ3n) is 2.38. The fourth-order valence-electron chi connectivity index (χ4n) is 1.36. The number of nitrogens with zero attached hydrogens (tertiary/aromatic N) is 1. The fraction of sp³-hybridized carbons (Fsp3) is 0.167. The van der Waals surface area contributed by atoms with Gasteiger partial charge in [0.15, 0.2) is 0 Å². The maximum atomic E-state index is 7.50. The van der Waals surface area contributed by atoms with E-state index in [1.54, 1.807) is 0 Å². The summed E-state index contributed by atoms with van der Waals surface area (Å²) in [5.41, 5.74) is 7.10. The van der Waals surface area contributed by atoms with Gasteiger partial charge in [0.25, 0.3) is 5.22 Å². The van der Waals surface area contributed by atoms with E-state index in [0.717, 1.165) is 16.3 Å². The van der Waals surface area contributed by atoms with Crippen molar-refractivity contribution in [2.24, 2.45) is 5.73 Å². The number of aryl methyl sites for hydroxylation is 2. The van der Waals surface area contributed by atoms with Gasteiger partial charge in [0.05, 0.1) is 5.69 Å². The van der Waals surface area contributed by atoms with E-state index in [2.05, 4.69) is 4.98 Å². The van der Waals surface area contributed by atoms with Crippen LogP contribution in [0.15, 0.2) is 38.8 Å². The molecule has 4 nitrogen and oxygen atoms in total. The molecule has 5 heteroatoms. The maximum absolute atomic E-state index is 7.50. The van der Waals surface area contributed by atoms with Crippen molar-refractivity contribution in [3.8, 4) is 0 Å². The molecule has 0 aliphatic rings. The minimum Gasteiger partial charge on any atom is -0.436 e. The first-order valence-electron chi connectivity index (χ1n) is 5.13. The molecule has 0 fully saturated rings. The van der Waals surface area contributed by atoms with Crippen molar-refractivity contribution in [2.45, 2.75) is 24.0 Å². The Labute approximate surface area is 104 Å². The fourth-order valence-corrected chi connectivity index (χ4v) is 2.33. The molecular formula is C12H13N3OS. The Morgan fingerprint density at radius 3 is 2.65 bits per heavy atom. The zero-order chi connectivity index (χ0) is 12.4. The maximum Gasteiger partial charge on any atom is 0.261 e. The number of nitrogens with one attached hydrogen (secondary N) is 1. The first kappa shape index (κ1) is 11.7. The predicted octanol–water partition coefficient (Wildman–Crippen LogP) is 2.73. The molecule has 17 heavy (non-hydrogen) atoms. The number of nitrogen functional groups attached to an aromatic ring is 1. The largest absolute Gasteiger partial charge is 0.436 e. The van der Waals surface area contributed by atoms with Gasteiger partial charge in [-0.25, -0.2) is 4.98 Å². The van der Waals surface area contributed by atoms with Crippen LogP contribution in [0.4, 0.5) is 0 Å². The van der Waals surface area contributed by atoms with Crippen LogP contribution in [0.5, 0.6) is 0 Å². The lowest BCUT2D eigenvalue weighted by atomic mass is 10.2. The van der Waals surface area contributed by atoms with Crippen LogP contribution in [-0.4, -0.2) is 10.8 Å². The highest BCUT2D eigenvalue weighted by Gasteiger charge is 2.11. The van der Waals surface area contributed by atoms with E-state index in [1.807, 2.05) is 38.1 Å². The summed E-state index contributed by atoms with van der Waals surface area (Å²) in [6.07, 6.45) is 0. The van der Waals surface area contributed by atoms with Crippen LogP contribution in [0.3, 0.4) is 0 Å². The van der Waals surface area contributed by atoms with Gasteiger partial charge in [-0.1, -0.05) is 18.2 Å². The van der Waals surface area contributed by atoms with E-state index < -0.39 is 0 Å². The van der Waals surface area contributed by atoms with Gasteiger partial charge in [-0.05, 0) is 31.7 Å². The molecule has 0 aliphatic carbocycles. The van der Waals surface area contributed by atoms with Gasteiger partial charge >= 0.3 is 0 Å². The summed E-state index contributed by atoms with van der Waals surface area (Å²) >= 11 is 1.38. The molecule has 0 saturated carbocycles. The van der Waals surface area contributed by atoms with Crippen LogP contribution < -0.4 is 5.73 Å². The van der Waals surface area contributed by atoms with Gasteiger partial charge in [0.1, 0.15) is 11.6 Å². The molecule has 1 aromatic carbocycles. The Morgan fingerprint density at radius 1 is 1.35 bits per heavy atom. The van der Waals surface area contributed by atoms with E-state index in [-0.39, 0.29) is 5.84 Å². The van der Waals surface area contributed by atoms with E-state index in [4.69, 9.17) is 15.6 Å². The number of hydrogen-bond donors (Lipinski definition) is 2. The summed E-state index contributed by atoms with van der Waals surface area (Å²) in [5.74, 6) is 0.862. The SMILES string of the molecule is Cc1nc(Sc2ccccc2C(=N)N)oc1C. The Bertz CT molecular complexity index is 543. The zero-order valence-electron chi connectivity index (χ0n) is 9.65. The summed E-state index contributed by atoms with van der Waals surface area (Å²) in [7, 11) is 0. The third kappa shape index (κ3) is 2.50. The molecule has 0 bridgehead atoms. The average Bonchev–Trinajstić information content (AvgIpc) is 2.58. The number of aromatic nitrogens is 1. The number of benzene rings is 1. The quantitative estimate of drug-likeness (QED) is 0.646. The average molecular weight is 247 g/mol. The second kappa shape index (κ2) is 4.63. The second-order valence-corrected chi connectivity index (χ2v) is 4.63. The molecule has 0 saturated heterocycles. The summed E-state index contributed by atoms with van der Waals surface area (Å²) in [6.45, 7) is 3.78. The van der Waals surface area contributed by atoms with Crippen molar-refractivity contribution in [3.63, 3.8) is 0 Å². The lowest BCUT2D eigenvalue weighted by molar-refractivity contribution is 0.431. The van der Waals surface area contributed by atoms with E-state index in [0.29, 0.717) is 10.8 Å². The van der Waals surface area contributed by atoms with Crippen LogP contribution >= 0.6 is 11.8 Å². The number of hydrogen-bond acceptors (Lipinski definition) is 4. The van der Waals surface area contributed by atoms with Crippen LogP contribution in [0.25, 0.3) is 0 Å². The normalized spacial score (nSPS) is 10.5. The highest BCUT2D eigenvalue weighted by Crippen LogP contribution is 2.30. The first-order valence-corrected chi connectivity index (χ1v) is 5.95. The Balaban J connectivity index is 2.33. The Kier molecular flexibility index (Phi) is 3.19. The van der Waals surface area contributed by atoms with Crippen molar-refractivity contribution in [1.29, 1.82) is 5.41 Å². The molecule has 0 aliphatic heterocycles. The number of oxazole rings is 1. The monoisotopic (exact) mass is 247 g/mol. The van der Waals surface area contributed by atoms with Gasteiger partial charge in [0, 0.05) is 10.5 Å².